The van der Waals surface area contributed by atoms with Gasteiger partial charge in [-0.05, 0) is 74.8 Å². The van der Waals surface area contributed by atoms with Crippen LogP contribution in [0.25, 0.3) is 0 Å². The zero-order valence-corrected chi connectivity index (χ0v) is 20.6. The first-order valence-corrected chi connectivity index (χ1v) is 13.3. The third-order valence-corrected chi connectivity index (χ3v) is 9.14. The Morgan fingerprint density at radius 1 is 1.21 bits per heavy atom. The molecule has 1 aromatic carbocycles. The Hall–Kier alpha value is -1.19. The summed E-state index contributed by atoms with van der Waals surface area (Å²) in [7, 11) is 0. The molecule has 8 heteroatoms. The van der Waals surface area contributed by atoms with Gasteiger partial charge < -0.3 is 14.8 Å². The molecule has 1 spiro atoms. The van der Waals surface area contributed by atoms with Crippen molar-refractivity contribution in [1.82, 2.24) is 0 Å². The number of rotatable bonds is 5. The molecule has 5 aliphatic rings. The number of hydrogen-bond donors (Lipinski definition) is 1. The molecule has 2 bridgehead atoms. The van der Waals surface area contributed by atoms with Gasteiger partial charge in [-0.25, -0.2) is 14.2 Å². The third-order valence-electron chi connectivity index (χ3n) is 8.39. The molecule has 182 valence electrons. The van der Waals surface area contributed by atoms with Crippen LogP contribution in [0.1, 0.15) is 59.3 Å². The van der Waals surface area contributed by atoms with E-state index in [1.54, 1.807) is 12.1 Å². The average Bonchev–Trinajstić information content (AvgIpc) is 3.02. The molecule has 1 aliphatic carbocycles. The number of fused-ring (bicyclic) bond motifs is 2. The van der Waals surface area contributed by atoms with Crippen LogP contribution in [-0.2, 0) is 24.0 Å². The number of nitrogens with one attached hydrogen (secondary N) is 1. The summed E-state index contributed by atoms with van der Waals surface area (Å²) in [5.41, 5.74) is 0.0306. The average molecular weight is 480 g/mol. The molecule has 1 N–H and O–H groups in total. The van der Waals surface area contributed by atoms with Crippen LogP contribution in [0, 0.1) is 29.5 Å². The lowest BCUT2D eigenvalue weighted by Crippen LogP contribution is -2.70. The summed E-state index contributed by atoms with van der Waals surface area (Å²) in [5, 5.41) is 2.90. The van der Waals surface area contributed by atoms with E-state index in [1.807, 2.05) is 13.2 Å². The SMILES string of the molecule is CSc1cc(NC(=O)CC[C@H]2O[C@@H]3O[C@]4(C)CC[C@H]5[C@H](C)CC[C@@H]([C@H]2C)[C@@]35OO4)ccc1F. The summed E-state index contributed by atoms with van der Waals surface area (Å²) in [5.74, 6) is 0.156. The summed E-state index contributed by atoms with van der Waals surface area (Å²) in [6, 6.07) is 4.64. The molecule has 0 aromatic heterocycles. The van der Waals surface area contributed by atoms with E-state index in [-0.39, 0.29) is 29.7 Å². The Morgan fingerprint density at radius 3 is 2.82 bits per heavy atom. The molecule has 0 radical (unpaired) electrons. The fraction of sp³-hybridized carbons (Fsp3) is 0.720. The molecule has 4 heterocycles. The first kappa shape index (κ1) is 23.5. The second-order valence-corrected chi connectivity index (χ2v) is 11.2. The molecule has 6 rings (SSSR count). The molecule has 0 unspecified atom stereocenters. The van der Waals surface area contributed by atoms with E-state index in [2.05, 4.69) is 19.2 Å². The fourth-order valence-electron chi connectivity index (χ4n) is 6.54. The molecule has 6 nitrogen and oxygen atoms in total. The first-order valence-electron chi connectivity index (χ1n) is 12.1. The molecule has 5 fully saturated rings. The van der Waals surface area contributed by atoms with Crippen LogP contribution in [0.4, 0.5) is 10.1 Å². The Morgan fingerprint density at radius 2 is 2.03 bits per heavy atom. The highest BCUT2D eigenvalue weighted by molar-refractivity contribution is 7.98. The monoisotopic (exact) mass is 479 g/mol. The molecule has 4 saturated heterocycles. The Labute approximate surface area is 199 Å². The van der Waals surface area contributed by atoms with Gasteiger partial charge in [0.25, 0.3) is 0 Å². The van der Waals surface area contributed by atoms with Gasteiger partial charge in [-0.1, -0.05) is 13.8 Å². The van der Waals surface area contributed by atoms with Gasteiger partial charge in [0.2, 0.25) is 11.7 Å². The molecule has 4 aliphatic heterocycles. The van der Waals surface area contributed by atoms with E-state index in [4.69, 9.17) is 19.2 Å². The minimum absolute atomic E-state index is 0.102. The lowest BCUT2D eigenvalue weighted by molar-refractivity contribution is -0.571. The number of amides is 1. The first-order chi connectivity index (χ1) is 15.8. The lowest BCUT2D eigenvalue weighted by atomic mass is 9.57. The number of anilines is 1. The summed E-state index contributed by atoms with van der Waals surface area (Å²) < 4.78 is 26.7. The number of halogens is 1. The number of carbonyl (C=O) groups is 1. The van der Waals surface area contributed by atoms with Crippen LogP contribution in [0.2, 0.25) is 0 Å². The van der Waals surface area contributed by atoms with Crippen LogP contribution in [0.5, 0.6) is 0 Å². The zero-order chi connectivity index (χ0) is 23.4. The van der Waals surface area contributed by atoms with E-state index in [1.165, 1.54) is 17.8 Å². The van der Waals surface area contributed by atoms with Crippen LogP contribution in [0.15, 0.2) is 23.1 Å². The topological polar surface area (TPSA) is 66.0 Å². The van der Waals surface area contributed by atoms with Crippen molar-refractivity contribution in [1.29, 1.82) is 0 Å². The molecule has 8 atom stereocenters. The Bertz CT molecular complexity index is 917. The smallest absolute Gasteiger partial charge is 0.224 e. The van der Waals surface area contributed by atoms with E-state index in [9.17, 15) is 9.18 Å². The normalized spacial score (nSPS) is 41.8. The van der Waals surface area contributed by atoms with Crippen LogP contribution in [0.3, 0.4) is 0 Å². The second kappa shape index (κ2) is 8.79. The van der Waals surface area contributed by atoms with Gasteiger partial charge in [0.1, 0.15) is 5.82 Å². The summed E-state index contributed by atoms with van der Waals surface area (Å²) >= 11 is 1.32. The quantitative estimate of drug-likeness (QED) is 0.443. The van der Waals surface area contributed by atoms with Crippen LogP contribution >= 0.6 is 11.8 Å². The number of hydrogen-bond acceptors (Lipinski definition) is 6. The molecule has 1 aromatic rings. The molecule has 1 saturated carbocycles. The minimum Gasteiger partial charge on any atom is -0.346 e. The van der Waals surface area contributed by atoms with Gasteiger partial charge in [-0.2, -0.15) is 0 Å². The highest BCUT2D eigenvalue weighted by atomic mass is 32.2. The minimum atomic E-state index is -0.794. The number of benzene rings is 1. The predicted molar refractivity (Wildman–Crippen MR) is 123 cm³/mol. The van der Waals surface area contributed by atoms with Gasteiger partial charge in [0, 0.05) is 29.3 Å². The van der Waals surface area contributed by atoms with Gasteiger partial charge >= 0.3 is 0 Å². The number of carbonyl (C=O) groups excluding carboxylic acids is 1. The van der Waals surface area contributed by atoms with E-state index in [0.717, 1.165) is 25.7 Å². The molecule has 33 heavy (non-hydrogen) atoms. The highest BCUT2D eigenvalue weighted by Crippen LogP contribution is 2.60. The highest BCUT2D eigenvalue weighted by Gasteiger charge is 2.69. The second-order valence-electron chi connectivity index (χ2n) is 10.4. The largest absolute Gasteiger partial charge is 0.346 e. The van der Waals surface area contributed by atoms with E-state index in [0.29, 0.717) is 35.3 Å². The van der Waals surface area contributed by atoms with Crippen molar-refractivity contribution >= 4 is 23.4 Å². The maximum atomic E-state index is 13.7. The van der Waals surface area contributed by atoms with Gasteiger partial charge in [-0.15, -0.1) is 11.8 Å². The number of thioether (sulfide) groups is 1. The van der Waals surface area contributed by atoms with Crippen molar-refractivity contribution < 1.29 is 28.4 Å². The van der Waals surface area contributed by atoms with Crippen LogP contribution in [-0.4, -0.2) is 35.9 Å². The van der Waals surface area contributed by atoms with Crippen molar-refractivity contribution in [3.8, 4) is 0 Å². The van der Waals surface area contributed by atoms with Crippen LogP contribution < -0.4 is 5.32 Å². The summed E-state index contributed by atoms with van der Waals surface area (Å²) in [6.45, 7) is 6.43. The molecule has 1 amide bonds. The maximum absolute atomic E-state index is 13.7. The van der Waals surface area contributed by atoms with Crippen molar-refractivity contribution in [2.24, 2.45) is 23.7 Å². The molecular formula is C25H34FNO5S. The summed E-state index contributed by atoms with van der Waals surface area (Å²) in [4.78, 5) is 25.2. The molecular weight excluding hydrogens is 445 g/mol. The fourth-order valence-corrected chi connectivity index (χ4v) is 7.05. The third kappa shape index (κ3) is 4.01. The standard InChI is InChI=1S/C25H34FNO5S/c1-14-5-7-18-15(2)20(9-10-22(28)27-16-6-8-19(26)21(13-16)33-4)29-23-25(18)17(14)11-12-24(3,30-23)31-32-25/h6,8,13-15,17-18,20,23H,5,7,9-12H2,1-4H3,(H,27,28)/t14-,15-,17+,18+,20-,23-,24+,25-/m1/s1. The Balaban J connectivity index is 1.29. The van der Waals surface area contributed by atoms with Crippen molar-refractivity contribution in [2.75, 3.05) is 11.6 Å². The Kier molecular flexibility index (Phi) is 6.27. The maximum Gasteiger partial charge on any atom is 0.224 e. The van der Waals surface area contributed by atoms with Crippen molar-refractivity contribution in [3.63, 3.8) is 0 Å². The van der Waals surface area contributed by atoms with Gasteiger partial charge in [-0.3, -0.25) is 4.79 Å². The van der Waals surface area contributed by atoms with Gasteiger partial charge in [0.05, 0.1) is 6.10 Å². The van der Waals surface area contributed by atoms with E-state index >= 15 is 0 Å². The van der Waals surface area contributed by atoms with Crippen molar-refractivity contribution in [2.45, 2.75) is 88.0 Å². The number of ether oxygens (including phenoxy) is 2. The van der Waals surface area contributed by atoms with Gasteiger partial charge in [0.15, 0.2) is 11.9 Å². The summed E-state index contributed by atoms with van der Waals surface area (Å²) in [6.07, 6.45) is 6.12. The van der Waals surface area contributed by atoms with Crippen molar-refractivity contribution in [3.05, 3.63) is 24.0 Å². The lowest BCUT2D eigenvalue weighted by Gasteiger charge is -2.60. The van der Waals surface area contributed by atoms with E-state index < -0.39 is 17.7 Å². The zero-order valence-electron chi connectivity index (χ0n) is 19.8. The predicted octanol–water partition coefficient (Wildman–Crippen LogP) is 5.52.